The Balaban J connectivity index is 0.000000739. The van der Waals surface area contributed by atoms with Gasteiger partial charge < -0.3 is 19.5 Å². The molecule has 2 heterocycles. The summed E-state index contributed by atoms with van der Waals surface area (Å²) in [6.45, 7) is 6.72. The van der Waals surface area contributed by atoms with Gasteiger partial charge in [0.15, 0.2) is 0 Å². The van der Waals surface area contributed by atoms with Gasteiger partial charge in [-0.25, -0.2) is 23.3 Å². The number of benzene rings is 1. The third kappa shape index (κ3) is 5.50. The van der Waals surface area contributed by atoms with E-state index < -0.39 is 22.1 Å². The van der Waals surface area contributed by atoms with Crippen molar-refractivity contribution in [2.24, 2.45) is 5.14 Å². The molecule has 0 radical (unpaired) electrons. The molecule has 34 heavy (non-hydrogen) atoms. The van der Waals surface area contributed by atoms with E-state index in [0.29, 0.717) is 28.1 Å². The Morgan fingerprint density at radius 3 is 2.29 bits per heavy atom. The molecule has 0 aliphatic carbocycles. The first-order valence-electron chi connectivity index (χ1n) is 9.35. The summed E-state index contributed by atoms with van der Waals surface area (Å²) in [6.07, 6.45) is -1.25. The standard InChI is InChI=1S/C18H18ClN3O5S2.C2H4O3/c1-8-7-9(2)15(23)10(3)14(8)22(18-13(19)11(4)21-27-18)17(24)16-12(5-6-28-16)29(20,25)26;1-5-2(3)4/h5-7,23H,1-4H3,(H2,20,25,26);1H3,(H,3,4). The highest BCUT2D eigenvalue weighted by Gasteiger charge is 2.34. The monoisotopic (exact) mass is 531 g/mol. The lowest BCUT2D eigenvalue weighted by Gasteiger charge is -2.25. The van der Waals surface area contributed by atoms with Crippen molar-refractivity contribution in [3.8, 4) is 5.75 Å². The maximum absolute atomic E-state index is 13.5. The van der Waals surface area contributed by atoms with E-state index in [9.17, 15) is 18.3 Å². The van der Waals surface area contributed by atoms with Gasteiger partial charge in [0.1, 0.15) is 26.2 Å². The van der Waals surface area contributed by atoms with Gasteiger partial charge in [-0.15, -0.1) is 11.3 Å². The van der Waals surface area contributed by atoms with Crippen LogP contribution in [0.1, 0.15) is 32.1 Å². The van der Waals surface area contributed by atoms with Crippen molar-refractivity contribution in [3.05, 3.63) is 49.8 Å². The van der Waals surface area contributed by atoms with E-state index in [-0.39, 0.29) is 26.4 Å². The maximum Gasteiger partial charge on any atom is 0.505 e. The normalized spacial score (nSPS) is 10.9. The third-order valence-electron chi connectivity index (χ3n) is 4.60. The minimum atomic E-state index is -4.14. The molecule has 0 unspecified atom stereocenters. The number of phenolic OH excluding ortho intramolecular Hbond substituents is 1. The first kappa shape index (κ1) is 27.1. The lowest BCUT2D eigenvalue weighted by atomic mass is 10.0. The quantitative estimate of drug-likeness (QED) is 0.415. The van der Waals surface area contributed by atoms with Crippen LogP contribution in [-0.4, -0.2) is 43.0 Å². The van der Waals surface area contributed by atoms with E-state index in [4.69, 9.17) is 31.2 Å². The largest absolute Gasteiger partial charge is 0.507 e. The van der Waals surface area contributed by atoms with Gasteiger partial charge in [-0.1, -0.05) is 22.8 Å². The molecule has 1 amide bonds. The summed E-state index contributed by atoms with van der Waals surface area (Å²) < 4.78 is 32.8. The van der Waals surface area contributed by atoms with Gasteiger partial charge in [0.05, 0.1) is 12.8 Å². The predicted octanol–water partition coefficient (Wildman–Crippen LogP) is 4.27. The smallest absolute Gasteiger partial charge is 0.505 e. The van der Waals surface area contributed by atoms with E-state index in [1.54, 1.807) is 33.8 Å². The summed E-state index contributed by atoms with van der Waals surface area (Å²) in [5.41, 5.74) is 2.32. The van der Waals surface area contributed by atoms with Crippen molar-refractivity contribution in [2.75, 3.05) is 12.0 Å². The first-order valence-corrected chi connectivity index (χ1v) is 12.2. The SMILES string of the molecule is COC(=O)O.Cc1cc(C)c(N(C(=O)c2sccc2S(N)(=O)=O)c2onc(C)c2Cl)c(C)c1O. The minimum absolute atomic E-state index is 0.00592. The zero-order valence-electron chi connectivity index (χ0n) is 18.7. The van der Waals surface area contributed by atoms with Crippen LogP contribution >= 0.6 is 22.9 Å². The molecule has 0 aliphatic heterocycles. The average Bonchev–Trinajstić information content (AvgIpc) is 3.37. The molecule has 0 bridgehead atoms. The number of phenols is 1. The van der Waals surface area contributed by atoms with Crippen LogP contribution in [0.5, 0.6) is 5.75 Å². The zero-order valence-corrected chi connectivity index (χ0v) is 21.1. The number of nitrogens with zero attached hydrogens (tertiary/aromatic N) is 2. The Bertz CT molecular complexity index is 1350. The number of amides is 1. The maximum atomic E-state index is 13.5. The van der Waals surface area contributed by atoms with E-state index >= 15 is 0 Å². The van der Waals surface area contributed by atoms with E-state index in [1.807, 2.05) is 0 Å². The number of aromatic hydroxyl groups is 1. The Morgan fingerprint density at radius 2 is 1.82 bits per heavy atom. The van der Waals surface area contributed by atoms with Crippen LogP contribution in [0.25, 0.3) is 0 Å². The number of carboxylic acid groups (broad SMARTS) is 1. The lowest BCUT2D eigenvalue weighted by molar-refractivity contribution is 0.0994. The van der Waals surface area contributed by atoms with E-state index in [1.165, 1.54) is 11.4 Å². The Hall–Kier alpha value is -3.13. The molecular formula is C20H22ClN3O8S2. The highest BCUT2D eigenvalue weighted by molar-refractivity contribution is 7.89. The van der Waals surface area contributed by atoms with Gasteiger partial charge in [-0.3, -0.25) is 4.79 Å². The van der Waals surface area contributed by atoms with Crippen molar-refractivity contribution in [1.82, 2.24) is 5.16 Å². The number of rotatable bonds is 4. The fourth-order valence-corrected chi connectivity index (χ4v) is 5.12. The third-order valence-corrected chi connectivity index (χ3v) is 7.02. The predicted molar refractivity (Wildman–Crippen MR) is 126 cm³/mol. The van der Waals surface area contributed by atoms with Crippen molar-refractivity contribution >= 4 is 56.6 Å². The molecule has 14 heteroatoms. The number of halogens is 1. The molecule has 2 aromatic heterocycles. The molecule has 0 saturated heterocycles. The van der Waals surface area contributed by atoms with Gasteiger partial charge in [0, 0.05) is 5.56 Å². The van der Waals surface area contributed by atoms with Crippen LogP contribution in [0.4, 0.5) is 16.4 Å². The number of hydrogen-bond acceptors (Lipinski definition) is 9. The molecule has 0 saturated carbocycles. The summed E-state index contributed by atoms with van der Waals surface area (Å²) in [5.74, 6) is -0.817. The Kier molecular flexibility index (Phi) is 8.31. The average molecular weight is 532 g/mol. The Morgan fingerprint density at radius 1 is 1.24 bits per heavy atom. The van der Waals surface area contributed by atoms with Crippen molar-refractivity contribution in [1.29, 1.82) is 0 Å². The van der Waals surface area contributed by atoms with Crippen molar-refractivity contribution in [2.45, 2.75) is 32.6 Å². The number of anilines is 2. The molecule has 0 aliphatic rings. The van der Waals surface area contributed by atoms with E-state index in [0.717, 1.165) is 23.3 Å². The number of aryl methyl sites for hydroxylation is 3. The second-order valence-corrected chi connectivity index (χ2v) is 9.81. The Labute approximate surface area is 204 Å². The number of sulfonamides is 1. The molecule has 11 nitrogen and oxygen atoms in total. The molecule has 0 spiro atoms. The van der Waals surface area contributed by atoms with Gasteiger partial charge in [0.25, 0.3) is 11.8 Å². The molecule has 184 valence electrons. The van der Waals surface area contributed by atoms with Crippen molar-refractivity contribution in [3.63, 3.8) is 0 Å². The first-order chi connectivity index (χ1) is 15.7. The second kappa shape index (κ2) is 10.4. The van der Waals surface area contributed by atoms with Crippen LogP contribution in [0.3, 0.4) is 0 Å². The fourth-order valence-electron chi connectivity index (χ4n) is 3.07. The number of carbonyl (C=O) groups excluding carboxylic acids is 1. The topological polar surface area (TPSA) is 173 Å². The molecule has 3 aromatic rings. The molecule has 3 rings (SSSR count). The summed E-state index contributed by atoms with van der Waals surface area (Å²) in [7, 11) is -3.04. The van der Waals surface area contributed by atoms with Crippen LogP contribution < -0.4 is 10.0 Å². The minimum Gasteiger partial charge on any atom is -0.507 e. The van der Waals surface area contributed by atoms with Crippen LogP contribution in [-0.2, 0) is 14.8 Å². The highest BCUT2D eigenvalue weighted by atomic mass is 35.5. The summed E-state index contributed by atoms with van der Waals surface area (Å²) in [4.78, 5) is 23.4. The zero-order chi connectivity index (χ0) is 26.0. The van der Waals surface area contributed by atoms with Crippen LogP contribution in [0.2, 0.25) is 5.02 Å². The number of carbonyl (C=O) groups is 2. The molecule has 0 atom stereocenters. The second-order valence-electron chi connectivity index (χ2n) is 6.99. The number of primary sulfonamides is 1. The van der Waals surface area contributed by atoms with Crippen molar-refractivity contribution < 1.29 is 37.5 Å². The van der Waals surface area contributed by atoms with Gasteiger partial charge in [0.2, 0.25) is 10.0 Å². The number of nitrogens with two attached hydrogens (primary N) is 1. The molecule has 1 aromatic carbocycles. The number of thiophene rings is 1. The number of methoxy groups -OCH3 is 1. The van der Waals surface area contributed by atoms with Crippen LogP contribution in [0, 0.1) is 27.7 Å². The molecular weight excluding hydrogens is 510 g/mol. The summed E-state index contributed by atoms with van der Waals surface area (Å²) >= 11 is 7.23. The lowest BCUT2D eigenvalue weighted by Crippen LogP contribution is -2.28. The fraction of sp³-hybridized carbons (Fsp3) is 0.250. The van der Waals surface area contributed by atoms with Crippen LogP contribution in [0.15, 0.2) is 26.9 Å². The number of aromatic nitrogens is 1. The van der Waals surface area contributed by atoms with E-state index in [2.05, 4.69) is 9.89 Å². The number of ether oxygens (including phenoxy) is 1. The highest BCUT2D eigenvalue weighted by Crippen LogP contribution is 2.42. The molecule has 0 fully saturated rings. The summed E-state index contributed by atoms with van der Waals surface area (Å²) in [6, 6.07) is 2.95. The number of hydrogen-bond donors (Lipinski definition) is 3. The van der Waals surface area contributed by atoms with Gasteiger partial charge in [-0.05, 0) is 50.3 Å². The summed E-state index contributed by atoms with van der Waals surface area (Å²) in [5, 5.41) is 28.5. The van der Waals surface area contributed by atoms with Gasteiger partial charge in [-0.2, -0.15) is 0 Å². The molecule has 4 N–H and O–H groups in total. The van der Waals surface area contributed by atoms with Gasteiger partial charge >= 0.3 is 6.16 Å².